The maximum absolute atomic E-state index is 5.91. The fourth-order valence-electron chi connectivity index (χ4n) is 2.54. The lowest BCUT2D eigenvalue weighted by molar-refractivity contribution is 0.245. The van der Waals surface area contributed by atoms with Gasteiger partial charge in [-0.3, -0.25) is 4.90 Å². The van der Waals surface area contributed by atoms with Crippen molar-refractivity contribution in [3.05, 3.63) is 70.2 Å². The quantitative estimate of drug-likeness (QED) is 0.789. The second-order valence-corrected chi connectivity index (χ2v) is 5.29. The van der Waals surface area contributed by atoms with Gasteiger partial charge >= 0.3 is 0 Å². The molecule has 3 rings (SSSR count). The Morgan fingerprint density at radius 1 is 0.944 bits per heavy atom. The summed E-state index contributed by atoms with van der Waals surface area (Å²) in [6, 6.07) is 16.9. The van der Waals surface area contributed by atoms with Gasteiger partial charge in [-0.1, -0.05) is 48.0 Å². The smallest absolute Gasteiger partial charge is 0.0406 e. The second-order valence-electron chi connectivity index (χ2n) is 4.86. The first-order chi connectivity index (χ1) is 8.81. The van der Waals surface area contributed by atoms with Crippen molar-refractivity contribution in [2.24, 2.45) is 0 Å². The van der Waals surface area contributed by atoms with Crippen LogP contribution in [0.3, 0.4) is 0 Å². The van der Waals surface area contributed by atoms with Crippen molar-refractivity contribution in [1.29, 1.82) is 0 Å². The minimum Gasteiger partial charge on any atom is -0.294 e. The van der Waals surface area contributed by atoms with Crippen molar-refractivity contribution < 1.29 is 0 Å². The van der Waals surface area contributed by atoms with E-state index in [2.05, 4.69) is 41.3 Å². The molecular formula is C16H16ClN. The van der Waals surface area contributed by atoms with Gasteiger partial charge in [0.25, 0.3) is 0 Å². The lowest BCUT2D eigenvalue weighted by atomic mass is 9.99. The van der Waals surface area contributed by atoms with Crippen molar-refractivity contribution in [3.63, 3.8) is 0 Å². The van der Waals surface area contributed by atoms with Crippen LogP contribution < -0.4 is 0 Å². The third kappa shape index (κ3) is 2.58. The number of nitrogens with zero attached hydrogens (tertiary/aromatic N) is 1. The Kier molecular flexibility index (Phi) is 3.35. The molecule has 0 aromatic heterocycles. The molecule has 1 heterocycles. The van der Waals surface area contributed by atoms with Crippen molar-refractivity contribution in [1.82, 2.24) is 4.90 Å². The highest BCUT2D eigenvalue weighted by atomic mass is 35.5. The molecule has 0 radical (unpaired) electrons. The molecule has 1 aliphatic rings. The maximum Gasteiger partial charge on any atom is 0.0406 e. The van der Waals surface area contributed by atoms with Crippen LogP contribution in [-0.4, -0.2) is 11.4 Å². The van der Waals surface area contributed by atoms with E-state index in [9.17, 15) is 0 Å². The number of fused-ring (bicyclic) bond motifs is 1. The van der Waals surface area contributed by atoms with Gasteiger partial charge < -0.3 is 0 Å². The van der Waals surface area contributed by atoms with Crippen LogP contribution in [0.5, 0.6) is 0 Å². The predicted octanol–water partition coefficient (Wildman–Crippen LogP) is 3.90. The summed E-state index contributed by atoms with van der Waals surface area (Å²) in [6.07, 6.45) is 1.16. The van der Waals surface area contributed by atoms with Gasteiger partial charge in [0.05, 0.1) is 0 Å². The number of hydrogen-bond donors (Lipinski definition) is 0. The molecule has 0 amide bonds. The molecule has 0 saturated carbocycles. The van der Waals surface area contributed by atoms with E-state index in [-0.39, 0.29) is 0 Å². The molecule has 0 unspecified atom stereocenters. The molecule has 1 aliphatic heterocycles. The minimum absolute atomic E-state index is 0.808. The Labute approximate surface area is 113 Å². The highest BCUT2D eigenvalue weighted by Gasteiger charge is 2.15. The molecule has 0 atom stereocenters. The molecule has 2 aromatic carbocycles. The summed E-state index contributed by atoms with van der Waals surface area (Å²) in [6.45, 7) is 3.20. The van der Waals surface area contributed by atoms with E-state index in [0.717, 1.165) is 31.1 Å². The first-order valence-corrected chi connectivity index (χ1v) is 6.73. The Bertz CT molecular complexity index is 533. The van der Waals surface area contributed by atoms with Crippen LogP contribution in [-0.2, 0) is 19.5 Å². The number of rotatable bonds is 2. The summed E-state index contributed by atoms with van der Waals surface area (Å²) in [4.78, 5) is 2.49. The Morgan fingerprint density at radius 3 is 2.44 bits per heavy atom. The third-order valence-electron chi connectivity index (χ3n) is 3.53. The van der Waals surface area contributed by atoms with Crippen molar-refractivity contribution in [2.75, 3.05) is 6.54 Å². The molecule has 2 heteroatoms. The van der Waals surface area contributed by atoms with E-state index >= 15 is 0 Å². The first-order valence-electron chi connectivity index (χ1n) is 6.35. The molecule has 0 saturated heterocycles. The molecule has 0 N–H and O–H groups in total. The van der Waals surface area contributed by atoms with Crippen molar-refractivity contribution in [3.8, 4) is 0 Å². The van der Waals surface area contributed by atoms with Gasteiger partial charge in [-0.15, -0.1) is 0 Å². The maximum atomic E-state index is 5.91. The lowest BCUT2D eigenvalue weighted by Crippen LogP contribution is -2.29. The van der Waals surface area contributed by atoms with Gasteiger partial charge in [0, 0.05) is 24.7 Å². The van der Waals surface area contributed by atoms with E-state index in [1.807, 2.05) is 12.1 Å². The van der Waals surface area contributed by atoms with Crippen LogP contribution in [0.1, 0.15) is 16.7 Å². The van der Waals surface area contributed by atoms with Gasteiger partial charge in [0.15, 0.2) is 0 Å². The van der Waals surface area contributed by atoms with Crippen LogP contribution in [0.25, 0.3) is 0 Å². The van der Waals surface area contributed by atoms with Crippen molar-refractivity contribution in [2.45, 2.75) is 19.5 Å². The molecule has 1 nitrogen and oxygen atoms in total. The number of hydrogen-bond acceptors (Lipinski definition) is 1. The van der Waals surface area contributed by atoms with Crippen molar-refractivity contribution >= 4 is 11.6 Å². The van der Waals surface area contributed by atoms with Gasteiger partial charge in [-0.2, -0.15) is 0 Å². The van der Waals surface area contributed by atoms with Crippen LogP contribution in [0, 0.1) is 0 Å². The standard InChI is InChI=1S/C16H16ClN/c17-16-7-5-13(6-8-16)11-18-10-9-14-3-1-2-4-15(14)12-18/h1-8H,9-12H2. The SMILES string of the molecule is Clc1ccc(CN2CCc3ccccc3C2)cc1. The highest BCUT2D eigenvalue weighted by Crippen LogP contribution is 2.20. The van der Waals surface area contributed by atoms with Gasteiger partial charge in [-0.05, 0) is 35.2 Å². The number of benzene rings is 2. The van der Waals surface area contributed by atoms with Crippen LogP contribution in [0.2, 0.25) is 5.02 Å². The van der Waals surface area contributed by atoms with Crippen LogP contribution >= 0.6 is 11.6 Å². The largest absolute Gasteiger partial charge is 0.294 e. The minimum atomic E-state index is 0.808. The average Bonchev–Trinajstić information content (AvgIpc) is 2.41. The summed E-state index contributed by atoms with van der Waals surface area (Å²) >= 11 is 5.91. The molecule has 0 spiro atoms. The lowest BCUT2D eigenvalue weighted by Gasteiger charge is -2.28. The fraction of sp³-hybridized carbons (Fsp3) is 0.250. The molecule has 2 aromatic rings. The average molecular weight is 258 g/mol. The molecule has 92 valence electrons. The van der Waals surface area contributed by atoms with Crippen LogP contribution in [0.15, 0.2) is 48.5 Å². The summed E-state index contributed by atoms with van der Waals surface area (Å²) in [5, 5.41) is 0.808. The summed E-state index contributed by atoms with van der Waals surface area (Å²) in [5.41, 5.74) is 4.31. The number of halogens is 1. The van der Waals surface area contributed by atoms with E-state index in [1.54, 1.807) is 0 Å². The molecule has 18 heavy (non-hydrogen) atoms. The zero-order valence-corrected chi connectivity index (χ0v) is 11.0. The van der Waals surface area contributed by atoms with E-state index in [0.29, 0.717) is 0 Å². The Morgan fingerprint density at radius 2 is 1.67 bits per heavy atom. The van der Waals surface area contributed by atoms with E-state index < -0.39 is 0 Å². The third-order valence-corrected chi connectivity index (χ3v) is 3.78. The van der Waals surface area contributed by atoms with E-state index in [4.69, 9.17) is 11.6 Å². The monoisotopic (exact) mass is 257 g/mol. The van der Waals surface area contributed by atoms with Gasteiger partial charge in [0.1, 0.15) is 0 Å². The van der Waals surface area contributed by atoms with Gasteiger partial charge in [-0.25, -0.2) is 0 Å². The topological polar surface area (TPSA) is 3.24 Å². The summed E-state index contributed by atoms with van der Waals surface area (Å²) in [7, 11) is 0. The zero-order chi connectivity index (χ0) is 12.4. The Balaban J connectivity index is 1.71. The summed E-state index contributed by atoms with van der Waals surface area (Å²) in [5.74, 6) is 0. The second kappa shape index (κ2) is 5.13. The first kappa shape index (κ1) is 11.8. The molecule has 0 bridgehead atoms. The molecule has 0 fully saturated rings. The Hall–Kier alpha value is -1.31. The predicted molar refractivity (Wildman–Crippen MR) is 75.7 cm³/mol. The summed E-state index contributed by atoms with van der Waals surface area (Å²) < 4.78 is 0. The van der Waals surface area contributed by atoms with Crippen LogP contribution in [0.4, 0.5) is 0 Å². The zero-order valence-electron chi connectivity index (χ0n) is 10.3. The normalized spacial score (nSPS) is 15.4. The highest BCUT2D eigenvalue weighted by molar-refractivity contribution is 6.30. The fourth-order valence-corrected chi connectivity index (χ4v) is 2.66. The van der Waals surface area contributed by atoms with Gasteiger partial charge in [0.2, 0.25) is 0 Å². The van der Waals surface area contributed by atoms with E-state index in [1.165, 1.54) is 16.7 Å². The molecule has 0 aliphatic carbocycles. The molecular weight excluding hydrogens is 242 g/mol.